The van der Waals surface area contributed by atoms with Gasteiger partial charge in [-0.3, -0.25) is 19.6 Å². The number of carbonyl (C=O) groups is 2. The van der Waals surface area contributed by atoms with E-state index in [4.69, 9.17) is 15.2 Å². The molecule has 178 valence electrons. The molecule has 0 aliphatic carbocycles. The van der Waals surface area contributed by atoms with Crippen LogP contribution in [0.1, 0.15) is 32.2 Å². The normalized spacial score (nSPS) is 17.4. The lowest BCUT2D eigenvalue weighted by molar-refractivity contribution is -0.127. The molecule has 0 bridgehead atoms. The van der Waals surface area contributed by atoms with Crippen LogP contribution in [0.5, 0.6) is 0 Å². The van der Waals surface area contributed by atoms with Gasteiger partial charge in [0.05, 0.1) is 36.9 Å². The highest BCUT2D eigenvalue weighted by molar-refractivity contribution is 6.04. The number of aromatic nitrogens is 1. The van der Waals surface area contributed by atoms with Gasteiger partial charge in [-0.05, 0) is 45.9 Å². The summed E-state index contributed by atoms with van der Waals surface area (Å²) < 4.78 is 10.2. The number of ether oxygens (including phenoxy) is 2. The van der Waals surface area contributed by atoms with Crippen LogP contribution in [0.3, 0.4) is 0 Å². The van der Waals surface area contributed by atoms with Crippen LogP contribution in [0.25, 0.3) is 5.70 Å². The van der Waals surface area contributed by atoms with Crippen molar-refractivity contribution in [2.75, 3.05) is 26.9 Å². The van der Waals surface area contributed by atoms with Crippen LogP contribution in [-0.4, -0.2) is 67.4 Å². The zero-order chi connectivity index (χ0) is 24.4. The molecule has 0 spiro atoms. The summed E-state index contributed by atoms with van der Waals surface area (Å²) in [6.07, 6.45) is 4.66. The number of amidine groups is 1. The van der Waals surface area contributed by atoms with Gasteiger partial charge in [0.15, 0.2) is 0 Å². The zero-order valence-corrected chi connectivity index (χ0v) is 19.7. The predicted molar refractivity (Wildman–Crippen MR) is 128 cm³/mol. The molecular weight excluding hydrogens is 424 g/mol. The molecule has 10 nitrogen and oxygen atoms in total. The van der Waals surface area contributed by atoms with Crippen LogP contribution in [0.4, 0.5) is 0 Å². The molecule has 1 aromatic heterocycles. The molecule has 0 radical (unpaired) electrons. The maximum absolute atomic E-state index is 12.7. The van der Waals surface area contributed by atoms with Gasteiger partial charge in [-0.1, -0.05) is 12.1 Å². The molecule has 1 aliphatic heterocycles. The van der Waals surface area contributed by atoms with E-state index in [2.05, 4.69) is 25.6 Å². The number of nitrogens with two attached hydrogens (primary N) is 1. The second kappa shape index (κ2) is 12.0. The number of nitrogens with one attached hydrogen (secondary N) is 2. The molecule has 10 heteroatoms. The van der Waals surface area contributed by atoms with Crippen molar-refractivity contribution in [1.29, 1.82) is 0 Å². The molecule has 1 saturated heterocycles. The van der Waals surface area contributed by atoms with E-state index in [0.717, 1.165) is 5.69 Å². The Morgan fingerprint density at radius 2 is 2.12 bits per heavy atom. The van der Waals surface area contributed by atoms with Gasteiger partial charge in [0.2, 0.25) is 5.91 Å². The van der Waals surface area contributed by atoms with Crippen molar-refractivity contribution in [3.05, 3.63) is 47.4 Å². The smallest absolute Gasteiger partial charge is 0.267 e. The molecule has 33 heavy (non-hydrogen) atoms. The first kappa shape index (κ1) is 25.9. The molecule has 1 fully saturated rings. The monoisotopic (exact) mass is 456 g/mol. The van der Waals surface area contributed by atoms with Gasteiger partial charge < -0.3 is 25.8 Å². The SMILES string of the molecule is C/C=C(\N=C(C)NC(=O)C(COC)NC(=O)/C(N)=C/C=NC1(C)COC1)c1cccc(C)n1. The number of amides is 2. The number of allylic oxidation sites excluding steroid dienone is 2. The summed E-state index contributed by atoms with van der Waals surface area (Å²) >= 11 is 0. The van der Waals surface area contributed by atoms with E-state index in [1.165, 1.54) is 19.4 Å². The van der Waals surface area contributed by atoms with Crippen molar-refractivity contribution in [3.63, 3.8) is 0 Å². The minimum atomic E-state index is -0.972. The largest absolute Gasteiger partial charge is 0.394 e. The Labute approximate surface area is 194 Å². The van der Waals surface area contributed by atoms with E-state index in [9.17, 15) is 9.59 Å². The van der Waals surface area contributed by atoms with Gasteiger partial charge in [-0.25, -0.2) is 4.99 Å². The molecule has 1 aliphatic rings. The van der Waals surface area contributed by atoms with E-state index in [0.29, 0.717) is 30.4 Å². The second-order valence-electron chi connectivity index (χ2n) is 7.90. The first-order chi connectivity index (χ1) is 15.7. The lowest BCUT2D eigenvalue weighted by Gasteiger charge is -2.33. The van der Waals surface area contributed by atoms with Gasteiger partial charge >= 0.3 is 0 Å². The highest BCUT2D eigenvalue weighted by atomic mass is 16.5. The zero-order valence-electron chi connectivity index (χ0n) is 19.7. The van der Waals surface area contributed by atoms with E-state index in [1.807, 2.05) is 39.0 Å². The number of aliphatic imine (C=N–C) groups is 2. The van der Waals surface area contributed by atoms with Gasteiger partial charge in [0.1, 0.15) is 17.4 Å². The topological polar surface area (TPSA) is 140 Å². The van der Waals surface area contributed by atoms with E-state index < -0.39 is 17.9 Å². The molecule has 2 rings (SSSR count). The summed E-state index contributed by atoms with van der Waals surface area (Å²) in [5, 5.41) is 5.25. The molecule has 0 saturated carbocycles. The lowest BCUT2D eigenvalue weighted by Crippen LogP contribution is -2.51. The molecule has 1 unspecified atom stereocenters. The molecule has 1 aromatic rings. The Balaban J connectivity index is 2.03. The Bertz CT molecular complexity index is 979. The van der Waals surface area contributed by atoms with Crippen LogP contribution >= 0.6 is 0 Å². The van der Waals surface area contributed by atoms with Crippen LogP contribution in [-0.2, 0) is 19.1 Å². The standard InChI is InChI=1S/C23H32N6O4/c1-6-18(19-9-7-8-15(2)26-19)27-16(3)28-22(31)20(12-32-5)29-21(30)17(24)10-11-25-23(4)13-33-14-23/h6-11,20H,12-14,24H2,1-5H3,(H,29,30)(H,27,28,31)/b17-10-,18-6-,25-11?. The number of hydrogen-bond acceptors (Lipinski definition) is 8. The number of nitrogens with zero attached hydrogens (tertiary/aromatic N) is 3. The fraction of sp³-hybridized carbons (Fsp3) is 0.435. The maximum atomic E-state index is 12.7. The van der Waals surface area contributed by atoms with Crippen molar-refractivity contribution in [3.8, 4) is 0 Å². The van der Waals surface area contributed by atoms with Crippen LogP contribution in [0.2, 0.25) is 0 Å². The Kier molecular flexibility index (Phi) is 9.43. The summed E-state index contributed by atoms with van der Waals surface area (Å²) in [6, 6.07) is 4.64. The fourth-order valence-corrected chi connectivity index (χ4v) is 2.87. The molecule has 2 heterocycles. The van der Waals surface area contributed by atoms with Crippen molar-refractivity contribution < 1.29 is 19.1 Å². The number of carbonyl (C=O) groups excluding carboxylic acids is 2. The van der Waals surface area contributed by atoms with Crippen LogP contribution in [0.15, 0.2) is 46.0 Å². The van der Waals surface area contributed by atoms with E-state index >= 15 is 0 Å². The highest BCUT2D eigenvalue weighted by Gasteiger charge is 2.31. The molecule has 0 aromatic carbocycles. The summed E-state index contributed by atoms with van der Waals surface area (Å²) in [5.41, 5.74) is 7.62. The van der Waals surface area contributed by atoms with E-state index in [1.54, 1.807) is 13.0 Å². The molecule has 2 amide bonds. The van der Waals surface area contributed by atoms with Crippen molar-refractivity contribution in [2.45, 2.75) is 39.3 Å². The summed E-state index contributed by atoms with van der Waals surface area (Å²) in [7, 11) is 1.43. The molecular formula is C23H32N6O4. The second-order valence-corrected chi connectivity index (χ2v) is 7.90. The molecule has 1 atom stereocenters. The fourth-order valence-electron chi connectivity index (χ4n) is 2.87. The summed E-state index contributed by atoms with van der Waals surface area (Å²) in [5.74, 6) is -0.751. The van der Waals surface area contributed by atoms with Crippen LogP contribution < -0.4 is 16.4 Å². The third-order valence-electron chi connectivity index (χ3n) is 4.70. The summed E-state index contributed by atoms with van der Waals surface area (Å²) in [6.45, 7) is 8.32. The average molecular weight is 457 g/mol. The Morgan fingerprint density at radius 1 is 1.39 bits per heavy atom. The third kappa shape index (κ3) is 7.92. The predicted octanol–water partition coefficient (Wildman–Crippen LogP) is 1.12. The van der Waals surface area contributed by atoms with Gasteiger partial charge in [-0.15, -0.1) is 0 Å². The average Bonchev–Trinajstić information content (AvgIpc) is 2.75. The van der Waals surface area contributed by atoms with Gasteiger partial charge in [0.25, 0.3) is 5.91 Å². The number of aryl methyl sites for hydroxylation is 1. The lowest BCUT2D eigenvalue weighted by atomic mass is 10.0. The quantitative estimate of drug-likeness (QED) is 0.289. The summed E-state index contributed by atoms with van der Waals surface area (Å²) in [4.78, 5) is 38.4. The number of rotatable bonds is 9. The first-order valence-corrected chi connectivity index (χ1v) is 10.5. The van der Waals surface area contributed by atoms with Crippen molar-refractivity contribution >= 4 is 29.6 Å². The number of pyridine rings is 1. The van der Waals surface area contributed by atoms with E-state index in [-0.39, 0.29) is 17.8 Å². The van der Waals surface area contributed by atoms with Gasteiger partial charge in [0, 0.05) is 19.0 Å². The Hall–Kier alpha value is -3.37. The maximum Gasteiger partial charge on any atom is 0.267 e. The number of methoxy groups -OCH3 is 1. The minimum Gasteiger partial charge on any atom is -0.394 e. The van der Waals surface area contributed by atoms with Crippen molar-refractivity contribution in [1.82, 2.24) is 15.6 Å². The van der Waals surface area contributed by atoms with Gasteiger partial charge in [-0.2, -0.15) is 0 Å². The minimum absolute atomic E-state index is 0.0441. The van der Waals surface area contributed by atoms with Crippen LogP contribution in [0, 0.1) is 6.92 Å². The first-order valence-electron chi connectivity index (χ1n) is 10.5. The Morgan fingerprint density at radius 3 is 2.70 bits per heavy atom. The third-order valence-corrected chi connectivity index (χ3v) is 4.70. The highest BCUT2D eigenvalue weighted by Crippen LogP contribution is 2.19. The molecule has 4 N–H and O–H groups in total. The number of hydrogen-bond donors (Lipinski definition) is 3. The van der Waals surface area contributed by atoms with Crippen molar-refractivity contribution in [2.24, 2.45) is 15.7 Å².